The first kappa shape index (κ1) is 17.6. The Morgan fingerprint density at radius 2 is 2.07 bits per heavy atom. The second kappa shape index (κ2) is 7.44. The van der Waals surface area contributed by atoms with E-state index < -0.39 is 0 Å². The normalized spacial score (nSPS) is 16.1. The lowest BCUT2D eigenvalue weighted by Gasteiger charge is -2.17. The van der Waals surface area contributed by atoms with E-state index in [-0.39, 0.29) is 17.7 Å². The lowest BCUT2D eigenvalue weighted by molar-refractivity contribution is -0.128. The maximum absolute atomic E-state index is 12.6. The van der Waals surface area contributed by atoms with Crippen LogP contribution in [0.15, 0.2) is 47.4 Å². The fraction of sp³-hybridized carbons (Fsp3) is 0.250. The number of rotatable bonds is 4. The van der Waals surface area contributed by atoms with Gasteiger partial charge in [-0.1, -0.05) is 12.1 Å². The third-order valence-corrected chi connectivity index (χ3v) is 5.68. The number of benzene rings is 2. The predicted molar refractivity (Wildman–Crippen MR) is 105 cm³/mol. The van der Waals surface area contributed by atoms with Gasteiger partial charge in [0.15, 0.2) is 0 Å². The second-order valence-corrected chi connectivity index (χ2v) is 7.64. The minimum Gasteiger partial charge on any atom is -0.338 e. The summed E-state index contributed by atoms with van der Waals surface area (Å²) < 4.78 is 0. The molecule has 7 heteroatoms. The molecule has 0 spiro atoms. The van der Waals surface area contributed by atoms with Gasteiger partial charge in [0.2, 0.25) is 11.8 Å². The molecule has 0 radical (unpaired) electrons. The molecular formula is C20H19N3O3S. The lowest BCUT2D eigenvalue weighted by atomic mass is 10.1. The predicted octanol–water partition coefficient (Wildman–Crippen LogP) is 3.11. The zero-order valence-electron chi connectivity index (χ0n) is 14.7. The van der Waals surface area contributed by atoms with E-state index in [0.29, 0.717) is 35.7 Å². The van der Waals surface area contributed by atoms with Crippen molar-refractivity contribution in [2.24, 2.45) is 0 Å². The summed E-state index contributed by atoms with van der Waals surface area (Å²) in [5.74, 6) is 0.273. The van der Waals surface area contributed by atoms with Crippen molar-refractivity contribution in [2.45, 2.75) is 24.3 Å². The van der Waals surface area contributed by atoms with E-state index in [4.69, 9.17) is 0 Å². The molecule has 2 aliphatic rings. The molecule has 2 aromatic carbocycles. The SMILES string of the molecule is O=C1CSc2ccc(C(=O)Nc3cccc(CN4CCCC4=O)c3)cc2N1. The van der Waals surface area contributed by atoms with Crippen LogP contribution in [0.4, 0.5) is 11.4 Å². The molecule has 2 aliphatic heterocycles. The molecule has 1 fully saturated rings. The summed E-state index contributed by atoms with van der Waals surface area (Å²) in [6, 6.07) is 12.8. The Hall–Kier alpha value is -2.80. The molecule has 0 unspecified atom stereocenters. The van der Waals surface area contributed by atoms with Crippen LogP contribution >= 0.6 is 11.8 Å². The second-order valence-electron chi connectivity index (χ2n) is 6.62. The van der Waals surface area contributed by atoms with Crippen LogP contribution in [0.5, 0.6) is 0 Å². The number of hydrogen-bond donors (Lipinski definition) is 2. The third kappa shape index (κ3) is 3.98. The Morgan fingerprint density at radius 3 is 2.89 bits per heavy atom. The zero-order chi connectivity index (χ0) is 18.8. The molecule has 6 nitrogen and oxygen atoms in total. The van der Waals surface area contributed by atoms with Gasteiger partial charge in [0.25, 0.3) is 5.91 Å². The van der Waals surface area contributed by atoms with Crippen LogP contribution in [0, 0.1) is 0 Å². The Bertz CT molecular complexity index is 928. The average Bonchev–Trinajstić information content (AvgIpc) is 3.06. The summed E-state index contributed by atoms with van der Waals surface area (Å²) >= 11 is 1.46. The first-order chi connectivity index (χ1) is 13.1. The number of nitrogens with one attached hydrogen (secondary N) is 2. The van der Waals surface area contributed by atoms with Gasteiger partial charge < -0.3 is 15.5 Å². The molecule has 1 saturated heterocycles. The molecule has 0 aliphatic carbocycles. The third-order valence-electron chi connectivity index (χ3n) is 4.60. The molecule has 138 valence electrons. The Balaban J connectivity index is 1.46. The highest BCUT2D eigenvalue weighted by Crippen LogP contribution is 2.32. The van der Waals surface area contributed by atoms with Gasteiger partial charge in [0.1, 0.15) is 0 Å². The molecule has 0 aromatic heterocycles. The molecule has 0 atom stereocenters. The zero-order valence-corrected chi connectivity index (χ0v) is 15.5. The summed E-state index contributed by atoms with van der Waals surface area (Å²) in [7, 11) is 0. The highest BCUT2D eigenvalue weighted by Gasteiger charge is 2.20. The van der Waals surface area contributed by atoms with Gasteiger partial charge in [-0.3, -0.25) is 14.4 Å². The van der Waals surface area contributed by atoms with Crippen molar-refractivity contribution >= 4 is 40.9 Å². The van der Waals surface area contributed by atoms with Gasteiger partial charge in [-0.15, -0.1) is 11.8 Å². The molecule has 0 saturated carbocycles. The number of fused-ring (bicyclic) bond motifs is 1. The van der Waals surface area contributed by atoms with Crippen LogP contribution < -0.4 is 10.6 Å². The number of likely N-dealkylation sites (tertiary alicyclic amines) is 1. The molecule has 0 bridgehead atoms. The minimum atomic E-state index is -0.239. The van der Waals surface area contributed by atoms with Crippen molar-refractivity contribution in [1.82, 2.24) is 4.90 Å². The number of amides is 3. The molecule has 3 amide bonds. The van der Waals surface area contributed by atoms with Crippen LogP contribution in [0.3, 0.4) is 0 Å². The lowest BCUT2D eigenvalue weighted by Crippen LogP contribution is -2.23. The van der Waals surface area contributed by atoms with Gasteiger partial charge in [-0.2, -0.15) is 0 Å². The molecule has 27 heavy (non-hydrogen) atoms. The highest BCUT2D eigenvalue weighted by molar-refractivity contribution is 8.00. The maximum atomic E-state index is 12.6. The van der Waals surface area contributed by atoms with Crippen molar-refractivity contribution in [3.63, 3.8) is 0 Å². The smallest absolute Gasteiger partial charge is 0.255 e. The number of nitrogens with zero attached hydrogens (tertiary/aromatic N) is 1. The van der Waals surface area contributed by atoms with Crippen molar-refractivity contribution in [3.05, 3.63) is 53.6 Å². The summed E-state index contributed by atoms with van der Waals surface area (Å²) in [4.78, 5) is 38.7. The van der Waals surface area contributed by atoms with E-state index in [1.807, 2.05) is 35.2 Å². The number of carbonyl (C=O) groups is 3. The van der Waals surface area contributed by atoms with Crippen molar-refractivity contribution < 1.29 is 14.4 Å². The summed E-state index contributed by atoms with van der Waals surface area (Å²) in [6.45, 7) is 1.35. The largest absolute Gasteiger partial charge is 0.338 e. The van der Waals surface area contributed by atoms with Crippen LogP contribution in [0.25, 0.3) is 0 Å². The standard InChI is InChI=1S/C20H19N3O3S/c24-18-12-27-17-7-6-14(10-16(17)22-18)20(26)21-15-4-1-3-13(9-15)11-23-8-2-5-19(23)25/h1,3-4,6-7,9-10H,2,5,8,11-12H2,(H,21,26)(H,22,24). The molecule has 2 N–H and O–H groups in total. The van der Waals surface area contributed by atoms with Crippen molar-refractivity contribution in [1.29, 1.82) is 0 Å². The fourth-order valence-corrected chi connectivity index (χ4v) is 4.06. The summed E-state index contributed by atoms with van der Waals surface area (Å²) in [5.41, 5.74) is 2.82. The number of anilines is 2. The van der Waals surface area contributed by atoms with E-state index in [0.717, 1.165) is 23.4 Å². The Kier molecular flexibility index (Phi) is 4.85. The molecule has 4 rings (SSSR count). The topological polar surface area (TPSA) is 78.5 Å². The molecular weight excluding hydrogens is 362 g/mol. The molecule has 2 heterocycles. The van der Waals surface area contributed by atoms with E-state index in [1.165, 1.54) is 11.8 Å². The maximum Gasteiger partial charge on any atom is 0.255 e. The summed E-state index contributed by atoms with van der Waals surface area (Å²) in [5, 5.41) is 5.69. The monoisotopic (exact) mass is 381 g/mol. The number of thioether (sulfide) groups is 1. The Labute approximate surface area is 161 Å². The number of hydrogen-bond acceptors (Lipinski definition) is 4. The van der Waals surface area contributed by atoms with Gasteiger partial charge in [-0.05, 0) is 42.3 Å². The van der Waals surface area contributed by atoms with E-state index >= 15 is 0 Å². The van der Waals surface area contributed by atoms with Gasteiger partial charge in [-0.25, -0.2) is 0 Å². The Morgan fingerprint density at radius 1 is 1.19 bits per heavy atom. The number of carbonyl (C=O) groups excluding carboxylic acids is 3. The molecule has 2 aromatic rings. The van der Waals surface area contributed by atoms with Gasteiger partial charge in [0.05, 0.1) is 11.4 Å². The van der Waals surface area contributed by atoms with E-state index in [1.54, 1.807) is 12.1 Å². The average molecular weight is 381 g/mol. The van der Waals surface area contributed by atoms with E-state index in [9.17, 15) is 14.4 Å². The van der Waals surface area contributed by atoms with Crippen LogP contribution in [-0.2, 0) is 16.1 Å². The van der Waals surface area contributed by atoms with Crippen LogP contribution in [0.2, 0.25) is 0 Å². The fourth-order valence-electron chi connectivity index (χ4n) is 3.27. The minimum absolute atomic E-state index is 0.0609. The first-order valence-electron chi connectivity index (χ1n) is 8.83. The van der Waals surface area contributed by atoms with Crippen molar-refractivity contribution in [3.8, 4) is 0 Å². The van der Waals surface area contributed by atoms with Gasteiger partial charge >= 0.3 is 0 Å². The van der Waals surface area contributed by atoms with Crippen molar-refractivity contribution in [2.75, 3.05) is 22.9 Å². The summed E-state index contributed by atoms with van der Waals surface area (Å²) in [6.07, 6.45) is 1.52. The van der Waals surface area contributed by atoms with Crippen LogP contribution in [0.1, 0.15) is 28.8 Å². The van der Waals surface area contributed by atoms with Gasteiger partial charge in [0, 0.05) is 35.7 Å². The highest BCUT2D eigenvalue weighted by atomic mass is 32.2. The first-order valence-corrected chi connectivity index (χ1v) is 9.82. The van der Waals surface area contributed by atoms with E-state index in [2.05, 4.69) is 10.6 Å². The van der Waals surface area contributed by atoms with Crippen LogP contribution in [-0.4, -0.2) is 34.9 Å². The quantitative estimate of drug-likeness (QED) is 0.853.